The average Bonchev–Trinajstić information content (AvgIpc) is 2.92. The van der Waals surface area contributed by atoms with Crippen molar-refractivity contribution >= 4 is 34.4 Å². The molecule has 0 aliphatic carbocycles. The van der Waals surface area contributed by atoms with E-state index in [0.29, 0.717) is 16.8 Å². The van der Waals surface area contributed by atoms with Crippen molar-refractivity contribution in [3.8, 4) is 23.0 Å². The maximum Gasteiger partial charge on any atom is 0.318 e. The number of amides is 1. The molecule has 0 radical (unpaired) electrons. The second-order valence-electron chi connectivity index (χ2n) is 7.59. The molecule has 0 bridgehead atoms. The zero-order chi connectivity index (χ0) is 27.1. The first-order valence-corrected chi connectivity index (χ1v) is 10.9. The number of non-ortho nitro benzene ring substituents is 1. The van der Waals surface area contributed by atoms with Crippen LogP contribution in [0.15, 0.2) is 78.0 Å². The van der Waals surface area contributed by atoms with Crippen molar-refractivity contribution < 1.29 is 28.9 Å². The molecule has 0 atom stereocenters. The zero-order valence-electron chi connectivity index (χ0n) is 19.8. The number of carbonyl (C=O) groups excluding carboxylic acids is 1. The number of hydrazone groups is 1. The summed E-state index contributed by atoms with van der Waals surface area (Å²) in [5, 5.41) is 27.1. The molecule has 0 saturated heterocycles. The van der Waals surface area contributed by atoms with Crippen molar-refractivity contribution in [3.63, 3.8) is 0 Å². The van der Waals surface area contributed by atoms with E-state index in [1.54, 1.807) is 30.5 Å². The quantitative estimate of drug-likeness (QED) is 0.182. The number of pyridine rings is 1. The number of para-hydroxylation sites is 1. The maximum absolute atomic E-state index is 12.2. The number of ether oxygens (including phenoxy) is 3. The number of fused-ring (bicyclic) bond motifs is 1. The van der Waals surface area contributed by atoms with Gasteiger partial charge in [0.2, 0.25) is 5.75 Å². The molecule has 38 heavy (non-hydrogen) atoms. The number of nitro benzene ring substituents is 2. The molecule has 1 N–H and O–H groups in total. The molecule has 3 aromatic carbocycles. The smallest absolute Gasteiger partial charge is 0.318 e. The number of methoxy groups -OCH3 is 1. The van der Waals surface area contributed by atoms with Gasteiger partial charge in [0.15, 0.2) is 18.1 Å². The van der Waals surface area contributed by atoms with Crippen LogP contribution in [-0.2, 0) is 4.79 Å². The number of carbonyl (C=O) groups is 1. The van der Waals surface area contributed by atoms with Gasteiger partial charge in [-0.3, -0.25) is 30.0 Å². The van der Waals surface area contributed by atoms with Crippen LogP contribution in [0.5, 0.6) is 23.0 Å². The van der Waals surface area contributed by atoms with E-state index in [2.05, 4.69) is 15.5 Å². The fourth-order valence-corrected chi connectivity index (χ4v) is 3.36. The molecular formula is C25H19N5O8. The third-order valence-electron chi connectivity index (χ3n) is 5.11. The Morgan fingerprint density at radius 3 is 2.53 bits per heavy atom. The molecule has 0 fully saturated rings. The third kappa shape index (κ3) is 5.96. The minimum Gasteiger partial charge on any atom is -0.493 e. The SMILES string of the molecule is COc1cc(/C=N\NC(=O)COc2cccc3cccnc23)ccc1Oc1ccc([N+](=O)[O-])cc1[N+](=O)[O-]. The van der Waals surface area contributed by atoms with Crippen LogP contribution in [-0.4, -0.2) is 40.7 Å². The maximum atomic E-state index is 12.2. The summed E-state index contributed by atoms with van der Waals surface area (Å²) >= 11 is 0. The van der Waals surface area contributed by atoms with Gasteiger partial charge in [0, 0.05) is 17.6 Å². The summed E-state index contributed by atoms with van der Waals surface area (Å²) < 4.78 is 16.5. The van der Waals surface area contributed by atoms with Gasteiger partial charge in [0.1, 0.15) is 11.3 Å². The molecule has 1 heterocycles. The molecular weight excluding hydrogens is 498 g/mol. The summed E-state index contributed by atoms with van der Waals surface area (Å²) in [5.41, 5.74) is 2.50. The van der Waals surface area contributed by atoms with Crippen molar-refractivity contribution in [3.05, 3.63) is 98.7 Å². The average molecular weight is 517 g/mol. The summed E-state index contributed by atoms with van der Waals surface area (Å²) in [5.74, 6) is 0.110. The summed E-state index contributed by atoms with van der Waals surface area (Å²) in [4.78, 5) is 37.2. The standard InChI is InChI=1S/C25H19N5O8/c1-36-23-12-16(7-9-21(23)38-20-10-8-18(29(32)33)13-19(20)30(34)35)14-27-28-24(31)15-37-22-6-2-4-17-5-3-11-26-25(17)22/h2-14H,15H2,1H3,(H,28,31)/b27-14-. The Morgan fingerprint density at radius 2 is 1.76 bits per heavy atom. The number of benzene rings is 3. The monoisotopic (exact) mass is 517 g/mol. The molecule has 0 saturated carbocycles. The van der Waals surface area contributed by atoms with Crippen LogP contribution in [0.3, 0.4) is 0 Å². The molecule has 0 aliphatic rings. The van der Waals surface area contributed by atoms with Gasteiger partial charge in [0.05, 0.1) is 29.2 Å². The molecule has 13 nitrogen and oxygen atoms in total. The zero-order valence-corrected chi connectivity index (χ0v) is 19.8. The largest absolute Gasteiger partial charge is 0.493 e. The fourth-order valence-electron chi connectivity index (χ4n) is 3.36. The molecule has 4 rings (SSSR count). The van der Waals surface area contributed by atoms with Gasteiger partial charge < -0.3 is 14.2 Å². The van der Waals surface area contributed by atoms with Crippen molar-refractivity contribution in [1.82, 2.24) is 10.4 Å². The van der Waals surface area contributed by atoms with E-state index in [1.807, 2.05) is 12.1 Å². The van der Waals surface area contributed by atoms with Crippen LogP contribution in [0.2, 0.25) is 0 Å². The Morgan fingerprint density at radius 1 is 0.974 bits per heavy atom. The number of hydrogen-bond donors (Lipinski definition) is 1. The van der Waals surface area contributed by atoms with Gasteiger partial charge in [-0.15, -0.1) is 0 Å². The van der Waals surface area contributed by atoms with E-state index in [4.69, 9.17) is 14.2 Å². The molecule has 1 aromatic heterocycles. The second kappa shape index (κ2) is 11.4. The highest BCUT2D eigenvalue weighted by atomic mass is 16.6. The number of aromatic nitrogens is 1. The molecule has 1 amide bonds. The number of nitro groups is 2. The summed E-state index contributed by atoms with van der Waals surface area (Å²) in [6.07, 6.45) is 3.00. The Balaban J connectivity index is 1.40. The lowest BCUT2D eigenvalue weighted by atomic mass is 10.2. The van der Waals surface area contributed by atoms with E-state index < -0.39 is 27.1 Å². The fraction of sp³-hybridized carbons (Fsp3) is 0.0800. The summed E-state index contributed by atoms with van der Waals surface area (Å²) in [7, 11) is 1.37. The van der Waals surface area contributed by atoms with E-state index in [9.17, 15) is 25.0 Å². The molecule has 0 unspecified atom stereocenters. The summed E-state index contributed by atoms with van der Waals surface area (Å²) in [6, 6.07) is 16.7. The van der Waals surface area contributed by atoms with Gasteiger partial charge in [0.25, 0.3) is 11.6 Å². The highest BCUT2D eigenvalue weighted by Gasteiger charge is 2.22. The first kappa shape index (κ1) is 25.5. The number of nitrogens with one attached hydrogen (secondary N) is 1. The first-order chi connectivity index (χ1) is 18.4. The predicted octanol–water partition coefficient (Wildman–Crippen LogP) is 4.38. The lowest BCUT2D eigenvalue weighted by molar-refractivity contribution is -0.394. The van der Waals surface area contributed by atoms with Crippen LogP contribution >= 0.6 is 0 Å². The molecule has 0 spiro atoms. The summed E-state index contributed by atoms with van der Waals surface area (Å²) in [6.45, 7) is -0.281. The van der Waals surface area contributed by atoms with Crippen molar-refractivity contribution in [2.75, 3.05) is 13.7 Å². The molecule has 0 aliphatic heterocycles. The van der Waals surface area contributed by atoms with E-state index in [-0.39, 0.29) is 23.9 Å². The highest BCUT2D eigenvalue weighted by Crippen LogP contribution is 2.38. The lowest BCUT2D eigenvalue weighted by Gasteiger charge is -2.11. The number of rotatable bonds is 10. The molecule has 13 heteroatoms. The third-order valence-corrected chi connectivity index (χ3v) is 5.11. The van der Waals surface area contributed by atoms with Gasteiger partial charge in [-0.05, 0) is 42.0 Å². The van der Waals surface area contributed by atoms with Crippen LogP contribution in [0.4, 0.5) is 11.4 Å². The number of nitrogens with zero attached hydrogens (tertiary/aromatic N) is 4. The van der Waals surface area contributed by atoms with Crippen molar-refractivity contribution in [2.24, 2.45) is 5.10 Å². The Labute approximate surface area is 214 Å². The van der Waals surface area contributed by atoms with Gasteiger partial charge >= 0.3 is 5.69 Å². The Hall–Kier alpha value is -5.59. The second-order valence-corrected chi connectivity index (χ2v) is 7.59. The van der Waals surface area contributed by atoms with Crippen LogP contribution in [0.1, 0.15) is 5.56 Å². The Kier molecular flexibility index (Phi) is 7.67. The number of hydrogen-bond acceptors (Lipinski definition) is 10. The van der Waals surface area contributed by atoms with Crippen molar-refractivity contribution in [2.45, 2.75) is 0 Å². The van der Waals surface area contributed by atoms with Gasteiger partial charge in [-0.2, -0.15) is 5.10 Å². The van der Waals surface area contributed by atoms with Crippen LogP contribution < -0.4 is 19.6 Å². The van der Waals surface area contributed by atoms with E-state index >= 15 is 0 Å². The normalized spacial score (nSPS) is 10.8. The first-order valence-electron chi connectivity index (χ1n) is 10.9. The predicted molar refractivity (Wildman–Crippen MR) is 136 cm³/mol. The molecule has 192 valence electrons. The highest BCUT2D eigenvalue weighted by molar-refractivity contribution is 5.86. The lowest BCUT2D eigenvalue weighted by Crippen LogP contribution is -2.24. The van der Waals surface area contributed by atoms with Crippen LogP contribution in [0, 0.1) is 20.2 Å². The van der Waals surface area contributed by atoms with Crippen molar-refractivity contribution in [1.29, 1.82) is 0 Å². The topological polar surface area (TPSA) is 168 Å². The van der Waals surface area contributed by atoms with Gasteiger partial charge in [-0.1, -0.05) is 18.2 Å². The Bertz CT molecular complexity index is 1550. The molecule has 4 aromatic rings. The van der Waals surface area contributed by atoms with E-state index in [1.165, 1.54) is 25.5 Å². The van der Waals surface area contributed by atoms with Crippen LogP contribution in [0.25, 0.3) is 10.9 Å². The minimum atomic E-state index is -0.779. The van der Waals surface area contributed by atoms with Gasteiger partial charge in [-0.25, -0.2) is 5.43 Å². The minimum absolute atomic E-state index is 0.128. The van der Waals surface area contributed by atoms with E-state index in [0.717, 1.165) is 23.6 Å².